The second kappa shape index (κ2) is 5.56. The van der Waals surface area contributed by atoms with Crippen molar-refractivity contribution in [3.05, 3.63) is 24.3 Å². The molecule has 2 nitrogen and oxygen atoms in total. The quantitative estimate of drug-likeness (QED) is 0.769. The van der Waals surface area contributed by atoms with Crippen LogP contribution in [0.1, 0.15) is 6.92 Å². The smallest absolute Gasteiger partial charge is 0.0671 e. The summed E-state index contributed by atoms with van der Waals surface area (Å²) in [6.45, 7) is 2.61. The molecule has 74 valence electrons. The third-order valence-electron chi connectivity index (χ3n) is 1.93. The molecule has 0 aliphatic carbocycles. The van der Waals surface area contributed by atoms with Crippen LogP contribution in [-0.4, -0.2) is 12.8 Å². The van der Waals surface area contributed by atoms with Gasteiger partial charge in [0, 0.05) is 17.1 Å². The van der Waals surface area contributed by atoms with Crippen LogP contribution in [0.3, 0.4) is 0 Å². The topological polar surface area (TPSA) is 35.8 Å². The van der Waals surface area contributed by atoms with E-state index in [-0.39, 0.29) is 5.92 Å². The summed E-state index contributed by atoms with van der Waals surface area (Å²) in [5.74, 6) is 0.0462. The van der Waals surface area contributed by atoms with Crippen LogP contribution >= 0.6 is 11.8 Å². The molecular formula is C11H14N2S. The Morgan fingerprint density at radius 1 is 1.50 bits per heavy atom. The van der Waals surface area contributed by atoms with Crippen molar-refractivity contribution in [2.45, 2.75) is 11.8 Å². The lowest BCUT2D eigenvalue weighted by atomic mass is 10.2. The monoisotopic (exact) mass is 206 g/mol. The molecule has 3 heteroatoms. The molecule has 0 spiro atoms. The molecule has 0 fully saturated rings. The summed E-state index contributed by atoms with van der Waals surface area (Å²) in [7, 11) is 0. The van der Waals surface area contributed by atoms with Crippen LogP contribution in [0.5, 0.6) is 0 Å². The summed E-state index contributed by atoms with van der Waals surface area (Å²) in [5, 5.41) is 11.9. The molecule has 0 aliphatic rings. The normalized spacial score (nSPS) is 11.8. The van der Waals surface area contributed by atoms with Crippen LogP contribution in [0.2, 0.25) is 0 Å². The Labute approximate surface area is 89.3 Å². The molecule has 0 aromatic heterocycles. The molecule has 0 saturated carbocycles. The van der Waals surface area contributed by atoms with Gasteiger partial charge in [0.2, 0.25) is 0 Å². The molecule has 1 atom stereocenters. The minimum absolute atomic E-state index is 0.0462. The highest BCUT2D eigenvalue weighted by molar-refractivity contribution is 7.98. The minimum atomic E-state index is 0.0462. The van der Waals surface area contributed by atoms with E-state index < -0.39 is 0 Å². The zero-order chi connectivity index (χ0) is 10.4. The predicted octanol–water partition coefficient (Wildman–Crippen LogP) is 2.98. The number of benzene rings is 1. The van der Waals surface area contributed by atoms with E-state index in [1.165, 1.54) is 4.90 Å². The lowest BCUT2D eigenvalue weighted by Gasteiger charge is -2.10. The molecule has 14 heavy (non-hydrogen) atoms. The van der Waals surface area contributed by atoms with Crippen molar-refractivity contribution < 1.29 is 0 Å². The number of anilines is 1. The molecule has 0 aliphatic heterocycles. The Morgan fingerprint density at radius 3 is 2.86 bits per heavy atom. The molecule has 1 rings (SSSR count). The van der Waals surface area contributed by atoms with E-state index in [1.54, 1.807) is 11.8 Å². The minimum Gasteiger partial charge on any atom is -0.383 e. The van der Waals surface area contributed by atoms with Gasteiger partial charge in [-0.05, 0) is 25.3 Å². The number of hydrogen-bond donors (Lipinski definition) is 1. The number of rotatable bonds is 4. The highest BCUT2D eigenvalue weighted by Gasteiger charge is 2.02. The summed E-state index contributed by atoms with van der Waals surface area (Å²) in [6, 6.07) is 10.3. The van der Waals surface area contributed by atoms with Crippen LogP contribution in [0, 0.1) is 17.2 Å². The molecular weight excluding hydrogens is 192 g/mol. The van der Waals surface area contributed by atoms with Gasteiger partial charge < -0.3 is 5.32 Å². The van der Waals surface area contributed by atoms with Crippen LogP contribution in [-0.2, 0) is 0 Å². The lowest BCUT2D eigenvalue weighted by Crippen LogP contribution is -2.09. The van der Waals surface area contributed by atoms with Crippen molar-refractivity contribution in [2.75, 3.05) is 18.1 Å². The van der Waals surface area contributed by atoms with Crippen molar-refractivity contribution >= 4 is 17.4 Å². The molecule has 1 N–H and O–H groups in total. The standard InChI is InChI=1S/C11H14N2S/c1-9(7-12)8-13-10-5-3-4-6-11(10)14-2/h3-6,9,13H,8H2,1-2H3. The summed E-state index contributed by atoms with van der Waals surface area (Å²) in [4.78, 5) is 1.22. The van der Waals surface area contributed by atoms with Gasteiger partial charge in [0.1, 0.15) is 0 Å². The number of para-hydroxylation sites is 1. The fourth-order valence-corrected chi connectivity index (χ4v) is 1.67. The maximum atomic E-state index is 8.64. The molecule has 0 amide bonds. The second-order valence-electron chi connectivity index (χ2n) is 3.11. The maximum Gasteiger partial charge on any atom is 0.0671 e. The number of nitriles is 1. The highest BCUT2D eigenvalue weighted by Crippen LogP contribution is 2.24. The summed E-state index contributed by atoms with van der Waals surface area (Å²) < 4.78 is 0. The molecule has 1 unspecified atom stereocenters. The van der Waals surface area contributed by atoms with Crippen LogP contribution in [0.25, 0.3) is 0 Å². The number of hydrogen-bond acceptors (Lipinski definition) is 3. The Bertz CT molecular complexity index is 330. The number of nitrogens with zero attached hydrogens (tertiary/aromatic N) is 1. The molecule has 0 radical (unpaired) electrons. The predicted molar refractivity (Wildman–Crippen MR) is 61.5 cm³/mol. The third kappa shape index (κ3) is 2.97. The van der Waals surface area contributed by atoms with Crippen molar-refractivity contribution in [3.63, 3.8) is 0 Å². The van der Waals surface area contributed by atoms with E-state index in [4.69, 9.17) is 5.26 Å². The first-order valence-corrected chi connectivity index (χ1v) is 5.77. The zero-order valence-electron chi connectivity index (χ0n) is 8.45. The van der Waals surface area contributed by atoms with Gasteiger partial charge in [0.05, 0.1) is 12.0 Å². The average Bonchev–Trinajstić information content (AvgIpc) is 2.26. The summed E-state index contributed by atoms with van der Waals surface area (Å²) >= 11 is 1.71. The SMILES string of the molecule is CSc1ccccc1NCC(C)C#N. The largest absolute Gasteiger partial charge is 0.383 e. The first-order valence-electron chi connectivity index (χ1n) is 4.54. The Balaban J connectivity index is 2.63. The number of nitrogens with one attached hydrogen (secondary N) is 1. The summed E-state index contributed by atoms with van der Waals surface area (Å²) in [6.07, 6.45) is 2.05. The van der Waals surface area contributed by atoms with E-state index in [9.17, 15) is 0 Å². The van der Waals surface area contributed by atoms with Crippen molar-refractivity contribution in [1.29, 1.82) is 5.26 Å². The Morgan fingerprint density at radius 2 is 2.21 bits per heavy atom. The summed E-state index contributed by atoms with van der Waals surface area (Å²) in [5.41, 5.74) is 1.11. The van der Waals surface area contributed by atoms with E-state index >= 15 is 0 Å². The molecule has 0 bridgehead atoms. The molecule has 1 aromatic carbocycles. The molecule has 0 heterocycles. The Hall–Kier alpha value is -1.14. The molecule has 1 aromatic rings. The third-order valence-corrected chi connectivity index (χ3v) is 2.72. The van der Waals surface area contributed by atoms with Crippen molar-refractivity contribution in [1.82, 2.24) is 0 Å². The zero-order valence-corrected chi connectivity index (χ0v) is 9.27. The van der Waals surface area contributed by atoms with Gasteiger partial charge in [0.15, 0.2) is 0 Å². The van der Waals surface area contributed by atoms with E-state index in [1.807, 2.05) is 31.4 Å². The number of thioether (sulfide) groups is 1. The maximum absolute atomic E-state index is 8.64. The van der Waals surface area contributed by atoms with Gasteiger partial charge in [-0.25, -0.2) is 0 Å². The van der Waals surface area contributed by atoms with Crippen LogP contribution < -0.4 is 5.32 Å². The van der Waals surface area contributed by atoms with E-state index in [2.05, 4.69) is 17.5 Å². The van der Waals surface area contributed by atoms with E-state index in [0.717, 1.165) is 5.69 Å². The van der Waals surface area contributed by atoms with Crippen LogP contribution in [0.15, 0.2) is 29.2 Å². The fraction of sp³-hybridized carbons (Fsp3) is 0.364. The van der Waals surface area contributed by atoms with Gasteiger partial charge in [-0.15, -0.1) is 11.8 Å². The lowest BCUT2D eigenvalue weighted by molar-refractivity contribution is 0.784. The van der Waals surface area contributed by atoms with Gasteiger partial charge in [-0.3, -0.25) is 0 Å². The first kappa shape index (κ1) is 10.9. The molecule has 0 saturated heterocycles. The fourth-order valence-electron chi connectivity index (χ4n) is 1.10. The van der Waals surface area contributed by atoms with Crippen molar-refractivity contribution in [3.8, 4) is 6.07 Å². The van der Waals surface area contributed by atoms with Crippen LogP contribution in [0.4, 0.5) is 5.69 Å². The van der Waals surface area contributed by atoms with Gasteiger partial charge >= 0.3 is 0 Å². The van der Waals surface area contributed by atoms with Gasteiger partial charge in [0.25, 0.3) is 0 Å². The average molecular weight is 206 g/mol. The Kier molecular flexibility index (Phi) is 4.34. The van der Waals surface area contributed by atoms with Gasteiger partial charge in [-0.2, -0.15) is 5.26 Å². The highest BCUT2D eigenvalue weighted by atomic mass is 32.2. The second-order valence-corrected chi connectivity index (χ2v) is 3.96. The van der Waals surface area contributed by atoms with E-state index in [0.29, 0.717) is 6.54 Å². The first-order chi connectivity index (χ1) is 6.77. The van der Waals surface area contributed by atoms with Gasteiger partial charge in [-0.1, -0.05) is 12.1 Å². The van der Waals surface area contributed by atoms with Crippen molar-refractivity contribution in [2.24, 2.45) is 5.92 Å².